The van der Waals surface area contributed by atoms with Crippen molar-refractivity contribution in [2.24, 2.45) is 0 Å². The van der Waals surface area contributed by atoms with E-state index in [1.54, 1.807) is 30.3 Å². The maximum atomic E-state index is 12.1. The summed E-state index contributed by atoms with van der Waals surface area (Å²) in [6.07, 6.45) is -1.31. The molecule has 0 spiro atoms. The van der Waals surface area contributed by atoms with Crippen molar-refractivity contribution in [3.63, 3.8) is 0 Å². The second-order valence-corrected chi connectivity index (χ2v) is 6.15. The van der Waals surface area contributed by atoms with Gasteiger partial charge in [-0.25, -0.2) is 4.79 Å². The zero-order valence-electron chi connectivity index (χ0n) is 11.6. The summed E-state index contributed by atoms with van der Waals surface area (Å²) in [5.74, 6) is 0. The number of rotatable bonds is 3. The summed E-state index contributed by atoms with van der Waals surface area (Å²) in [6.45, 7) is 0.837. The molecule has 23 heavy (non-hydrogen) atoms. The number of hydrogen-bond donors (Lipinski definition) is 1. The molecule has 0 radical (unpaired) electrons. The van der Waals surface area contributed by atoms with E-state index in [1.807, 2.05) is 0 Å². The number of piperazine rings is 1. The SMILES string of the molecule is O=C(OOS(=O)(=O)C(F)(F)F)N1CCNCC1c1ccccc1. The molecule has 0 aliphatic carbocycles. The summed E-state index contributed by atoms with van der Waals surface area (Å²) < 4.78 is 61.2. The first-order valence-electron chi connectivity index (χ1n) is 6.46. The molecule has 1 aliphatic heterocycles. The molecule has 1 atom stereocenters. The zero-order chi connectivity index (χ0) is 17.1. The van der Waals surface area contributed by atoms with E-state index in [4.69, 9.17) is 0 Å². The molecule has 1 amide bonds. The number of carbonyl (C=O) groups excluding carboxylic acids is 1. The van der Waals surface area contributed by atoms with Crippen LogP contribution >= 0.6 is 0 Å². The Balaban J connectivity index is 2.08. The van der Waals surface area contributed by atoms with Crippen LogP contribution in [0.2, 0.25) is 0 Å². The molecule has 1 saturated heterocycles. The fraction of sp³-hybridized carbons (Fsp3) is 0.417. The molecule has 1 aromatic carbocycles. The Labute approximate surface area is 130 Å². The number of alkyl halides is 3. The van der Waals surface area contributed by atoms with E-state index >= 15 is 0 Å². The van der Waals surface area contributed by atoms with Crippen LogP contribution in [0.5, 0.6) is 0 Å². The number of nitrogens with zero attached hydrogens (tertiary/aromatic N) is 1. The molecule has 1 unspecified atom stereocenters. The summed E-state index contributed by atoms with van der Waals surface area (Å²) in [4.78, 5) is 16.8. The summed E-state index contributed by atoms with van der Waals surface area (Å²) in [6, 6.07) is 8.17. The Morgan fingerprint density at radius 1 is 1.26 bits per heavy atom. The quantitative estimate of drug-likeness (QED) is 0.504. The van der Waals surface area contributed by atoms with Crippen molar-refractivity contribution in [3.8, 4) is 0 Å². The molecule has 1 aliphatic rings. The summed E-state index contributed by atoms with van der Waals surface area (Å²) in [5.41, 5.74) is -4.95. The summed E-state index contributed by atoms with van der Waals surface area (Å²) in [7, 11) is -6.00. The summed E-state index contributed by atoms with van der Waals surface area (Å²) >= 11 is 0. The standard InChI is InChI=1S/C12H13F3N2O5S/c13-12(14,15)23(19,20)22-21-11(18)17-7-6-16-8-10(17)9-4-2-1-3-5-9/h1-5,10,16H,6-8H2. The number of amides is 1. The lowest BCUT2D eigenvalue weighted by Gasteiger charge is -2.34. The number of benzene rings is 1. The second kappa shape index (κ2) is 6.72. The van der Waals surface area contributed by atoms with E-state index < -0.39 is 27.8 Å². The zero-order valence-corrected chi connectivity index (χ0v) is 12.4. The average molecular weight is 354 g/mol. The van der Waals surface area contributed by atoms with Crippen LogP contribution in [0.1, 0.15) is 11.6 Å². The van der Waals surface area contributed by atoms with Crippen molar-refractivity contribution in [2.45, 2.75) is 11.6 Å². The van der Waals surface area contributed by atoms with E-state index in [0.29, 0.717) is 13.1 Å². The Bertz CT molecular complexity index is 650. The van der Waals surface area contributed by atoms with Crippen LogP contribution in [-0.2, 0) is 19.3 Å². The molecule has 2 rings (SSSR count). The van der Waals surface area contributed by atoms with Gasteiger partial charge in [0.2, 0.25) is 0 Å². The Morgan fingerprint density at radius 2 is 1.91 bits per heavy atom. The van der Waals surface area contributed by atoms with Gasteiger partial charge in [0.25, 0.3) is 0 Å². The molecular weight excluding hydrogens is 341 g/mol. The first-order chi connectivity index (χ1) is 10.7. The average Bonchev–Trinajstić information content (AvgIpc) is 2.52. The van der Waals surface area contributed by atoms with Crippen molar-refractivity contribution < 1.29 is 35.6 Å². The monoisotopic (exact) mass is 354 g/mol. The van der Waals surface area contributed by atoms with Crippen LogP contribution in [0, 0.1) is 0 Å². The first kappa shape index (κ1) is 17.5. The second-order valence-electron chi connectivity index (χ2n) is 4.64. The third-order valence-corrected chi connectivity index (χ3v) is 3.95. The molecule has 0 aromatic heterocycles. The van der Waals surface area contributed by atoms with E-state index in [-0.39, 0.29) is 6.54 Å². The molecule has 128 valence electrons. The Morgan fingerprint density at radius 3 is 2.52 bits per heavy atom. The van der Waals surface area contributed by atoms with Crippen LogP contribution in [-0.4, -0.2) is 44.6 Å². The number of hydrogen-bond acceptors (Lipinski definition) is 6. The minimum Gasteiger partial charge on any atom is -0.313 e. The van der Waals surface area contributed by atoms with Crippen molar-refractivity contribution in [1.29, 1.82) is 0 Å². The lowest BCUT2D eigenvalue weighted by molar-refractivity contribution is -0.170. The van der Waals surface area contributed by atoms with Gasteiger partial charge >= 0.3 is 21.7 Å². The number of halogens is 3. The minimum absolute atomic E-state index is 0.119. The van der Waals surface area contributed by atoms with Crippen LogP contribution < -0.4 is 5.32 Å². The third-order valence-electron chi connectivity index (χ3n) is 3.14. The van der Waals surface area contributed by atoms with Crippen LogP contribution in [0.4, 0.5) is 18.0 Å². The van der Waals surface area contributed by atoms with Gasteiger partial charge in [0.05, 0.1) is 6.04 Å². The molecular formula is C12H13F3N2O5S. The van der Waals surface area contributed by atoms with Crippen molar-refractivity contribution >= 4 is 16.2 Å². The maximum absolute atomic E-state index is 12.1. The number of nitrogens with one attached hydrogen (secondary N) is 1. The fourth-order valence-electron chi connectivity index (χ4n) is 2.06. The third kappa shape index (κ3) is 4.12. The molecule has 1 N–H and O–H groups in total. The van der Waals surface area contributed by atoms with E-state index in [2.05, 4.69) is 14.5 Å². The predicted molar refractivity (Wildman–Crippen MR) is 71.3 cm³/mol. The van der Waals surface area contributed by atoms with Gasteiger partial charge in [-0.15, -0.1) is 0 Å². The molecule has 1 aromatic rings. The molecule has 7 nitrogen and oxygen atoms in total. The molecule has 11 heteroatoms. The predicted octanol–water partition coefficient (Wildman–Crippen LogP) is 1.55. The number of carbonyl (C=O) groups is 1. The highest BCUT2D eigenvalue weighted by Gasteiger charge is 2.49. The maximum Gasteiger partial charge on any atom is 0.526 e. The fourth-order valence-corrected chi connectivity index (χ4v) is 2.28. The Hall–Kier alpha value is -1.85. The van der Waals surface area contributed by atoms with Crippen molar-refractivity contribution in [2.75, 3.05) is 19.6 Å². The normalized spacial score (nSPS) is 19.4. The molecule has 1 fully saturated rings. The molecule has 1 heterocycles. The van der Waals surface area contributed by atoms with Crippen molar-refractivity contribution in [1.82, 2.24) is 10.2 Å². The molecule has 0 saturated carbocycles. The van der Waals surface area contributed by atoms with Gasteiger partial charge in [-0.05, 0) is 9.90 Å². The Kier molecular flexibility index (Phi) is 5.12. The summed E-state index contributed by atoms with van der Waals surface area (Å²) in [5, 5.41) is 3.03. The van der Waals surface area contributed by atoms with Crippen molar-refractivity contribution in [3.05, 3.63) is 35.9 Å². The highest BCUT2D eigenvalue weighted by atomic mass is 32.2. The van der Waals surface area contributed by atoms with Gasteiger partial charge in [0.15, 0.2) is 0 Å². The van der Waals surface area contributed by atoms with E-state index in [1.165, 1.54) is 0 Å². The van der Waals surface area contributed by atoms with Gasteiger partial charge in [-0.3, -0.25) is 9.79 Å². The van der Waals surface area contributed by atoms with Gasteiger partial charge in [-0.1, -0.05) is 30.3 Å². The molecule has 0 bridgehead atoms. The lowest BCUT2D eigenvalue weighted by atomic mass is 10.0. The minimum atomic E-state index is -6.00. The van der Waals surface area contributed by atoms with Crippen LogP contribution in [0.25, 0.3) is 0 Å². The van der Waals surface area contributed by atoms with Gasteiger partial charge in [0, 0.05) is 19.6 Å². The first-order valence-corrected chi connectivity index (χ1v) is 7.87. The van der Waals surface area contributed by atoms with E-state index in [9.17, 15) is 26.4 Å². The highest BCUT2D eigenvalue weighted by molar-refractivity contribution is 7.87. The lowest BCUT2D eigenvalue weighted by Crippen LogP contribution is -2.49. The topological polar surface area (TPSA) is 84.9 Å². The van der Waals surface area contributed by atoms with Crippen LogP contribution in [0.15, 0.2) is 30.3 Å². The largest absolute Gasteiger partial charge is 0.526 e. The van der Waals surface area contributed by atoms with Gasteiger partial charge < -0.3 is 5.32 Å². The van der Waals surface area contributed by atoms with Gasteiger partial charge in [0.1, 0.15) is 0 Å². The highest BCUT2D eigenvalue weighted by Crippen LogP contribution is 2.26. The van der Waals surface area contributed by atoms with Crippen LogP contribution in [0.3, 0.4) is 0 Å². The van der Waals surface area contributed by atoms with E-state index in [0.717, 1.165) is 10.5 Å². The van der Waals surface area contributed by atoms with Gasteiger partial charge in [-0.2, -0.15) is 21.6 Å². The smallest absolute Gasteiger partial charge is 0.313 e.